The van der Waals surface area contributed by atoms with Crippen molar-refractivity contribution in [2.45, 2.75) is 25.3 Å². The van der Waals surface area contributed by atoms with E-state index in [1.807, 2.05) is 0 Å². The fourth-order valence-corrected chi connectivity index (χ4v) is 3.21. The zero-order valence-corrected chi connectivity index (χ0v) is 12.1. The third-order valence-corrected chi connectivity index (χ3v) is 4.44. The molecule has 0 radical (unpaired) electrons. The van der Waals surface area contributed by atoms with Gasteiger partial charge in [-0.1, -0.05) is 29.4 Å². The van der Waals surface area contributed by atoms with Crippen molar-refractivity contribution in [1.29, 1.82) is 0 Å². The lowest BCUT2D eigenvalue weighted by Gasteiger charge is -2.27. The molecule has 2 heterocycles. The molecule has 1 aliphatic heterocycles. The highest BCUT2D eigenvalue weighted by Gasteiger charge is 2.31. The minimum atomic E-state index is 0.324. The molecule has 2 aliphatic rings. The molecule has 0 amide bonds. The maximum Gasteiger partial charge on any atom is 0.240 e. The largest absolute Gasteiger partial charge is 0.338 e. The highest BCUT2D eigenvalue weighted by atomic mass is 16.5. The molecule has 1 unspecified atom stereocenters. The van der Waals surface area contributed by atoms with E-state index in [1.165, 1.54) is 17.5 Å². The van der Waals surface area contributed by atoms with E-state index < -0.39 is 0 Å². The first-order valence-electron chi connectivity index (χ1n) is 7.73. The Hall–Kier alpha value is -1.72. The van der Waals surface area contributed by atoms with Crippen LogP contribution in [0.3, 0.4) is 0 Å². The lowest BCUT2D eigenvalue weighted by Crippen LogP contribution is -2.27. The maximum absolute atomic E-state index is 5.46. The normalized spacial score (nSPS) is 22.4. The van der Waals surface area contributed by atoms with Crippen molar-refractivity contribution in [3.05, 3.63) is 47.1 Å². The Morgan fingerprint density at radius 2 is 2.19 bits per heavy atom. The average Bonchev–Trinajstić information content (AvgIpc) is 2.76. The van der Waals surface area contributed by atoms with Gasteiger partial charge in [0.15, 0.2) is 5.82 Å². The summed E-state index contributed by atoms with van der Waals surface area (Å²) in [6.45, 7) is 5.05. The number of rotatable bonds is 3. The molecule has 21 heavy (non-hydrogen) atoms. The van der Waals surface area contributed by atoms with Gasteiger partial charge in [-0.2, -0.15) is 4.98 Å². The number of hydrogen-bond acceptors (Lipinski definition) is 5. The van der Waals surface area contributed by atoms with Crippen LogP contribution in [0.2, 0.25) is 0 Å². The third-order valence-electron chi connectivity index (χ3n) is 4.44. The number of nitrogens with zero attached hydrogens (tertiary/aromatic N) is 3. The summed E-state index contributed by atoms with van der Waals surface area (Å²) in [5.41, 5.74) is 2.76. The summed E-state index contributed by atoms with van der Waals surface area (Å²) in [5.74, 6) is 1.91. The second-order valence-corrected chi connectivity index (χ2v) is 5.88. The molecule has 5 heteroatoms. The molecule has 1 N–H and O–H groups in total. The number of hydrogen-bond donors (Lipinski definition) is 1. The smallest absolute Gasteiger partial charge is 0.240 e. The Balaban J connectivity index is 1.44. The van der Waals surface area contributed by atoms with Gasteiger partial charge in [0.1, 0.15) is 0 Å². The van der Waals surface area contributed by atoms with E-state index in [4.69, 9.17) is 4.52 Å². The van der Waals surface area contributed by atoms with Crippen LogP contribution in [0.15, 0.2) is 28.8 Å². The Morgan fingerprint density at radius 1 is 1.24 bits per heavy atom. The Kier molecular flexibility index (Phi) is 3.45. The van der Waals surface area contributed by atoms with Crippen LogP contribution in [0, 0.1) is 0 Å². The number of aromatic nitrogens is 2. The molecule has 5 nitrogen and oxygen atoms in total. The van der Waals surface area contributed by atoms with Gasteiger partial charge in [-0.15, -0.1) is 0 Å². The molecule has 1 saturated heterocycles. The first-order chi connectivity index (χ1) is 10.4. The van der Waals surface area contributed by atoms with E-state index in [0.717, 1.165) is 50.9 Å². The standard InChI is InChI=1S/C16H20N4O/c1-2-5-13-12(4-1)10-14(13)16-18-15(21-19-16)11-20-8-3-6-17-7-9-20/h1-2,4-5,14,17H,3,6-11H2. The summed E-state index contributed by atoms with van der Waals surface area (Å²) in [6.07, 6.45) is 2.21. The highest BCUT2D eigenvalue weighted by Crippen LogP contribution is 2.38. The topological polar surface area (TPSA) is 54.2 Å². The van der Waals surface area contributed by atoms with Crippen molar-refractivity contribution in [1.82, 2.24) is 20.4 Å². The Morgan fingerprint density at radius 3 is 3.14 bits per heavy atom. The van der Waals surface area contributed by atoms with Gasteiger partial charge < -0.3 is 9.84 Å². The van der Waals surface area contributed by atoms with E-state index in [-0.39, 0.29) is 0 Å². The molecule has 110 valence electrons. The van der Waals surface area contributed by atoms with Crippen LogP contribution in [0.5, 0.6) is 0 Å². The average molecular weight is 284 g/mol. The summed E-state index contributed by atoms with van der Waals surface area (Å²) in [5, 5.41) is 7.60. The fraction of sp³-hybridized carbons (Fsp3) is 0.500. The molecular formula is C16H20N4O. The van der Waals surface area contributed by atoms with Crippen molar-refractivity contribution in [3.8, 4) is 0 Å². The molecular weight excluding hydrogens is 264 g/mol. The second kappa shape index (κ2) is 5.58. The first kappa shape index (κ1) is 13.0. The Labute approximate surface area is 124 Å². The van der Waals surface area contributed by atoms with Crippen LogP contribution in [-0.4, -0.2) is 41.2 Å². The third kappa shape index (κ3) is 2.59. The van der Waals surface area contributed by atoms with Crippen molar-refractivity contribution < 1.29 is 4.52 Å². The zero-order valence-electron chi connectivity index (χ0n) is 12.1. The lowest BCUT2D eigenvalue weighted by atomic mass is 9.77. The van der Waals surface area contributed by atoms with Gasteiger partial charge in [-0.05, 0) is 37.1 Å². The summed E-state index contributed by atoms with van der Waals surface area (Å²) in [4.78, 5) is 7.00. The molecule has 1 aromatic carbocycles. The van der Waals surface area contributed by atoms with Crippen LogP contribution in [0.1, 0.15) is 35.2 Å². The van der Waals surface area contributed by atoms with Gasteiger partial charge >= 0.3 is 0 Å². The number of benzene rings is 1. The minimum absolute atomic E-state index is 0.324. The van der Waals surface area contributed by atoms with Crippen LogP contribution < -0.4 is 5.32 Å². The molecule has 0 saturated carbocycles. The molecule has 1 aromatic heterocycles. The second-order valence-electron chi connectivity index (χ2n) is 5.88. The van der Waals surface area contributed by atoms with Gasteiger partial charge in [0.2, 0.25) is 5.89 Å². The maximum atomic E-state index is 5.46. The van der Waals surface area contributed by atoms with Crippen molar-refractivity contribution in [3.63, 3.8) is 0 Å². The van der Waals surface area contributed by atoms with E-state index in [1.54, 1.807) is 0 Å². The van der Waals surface area contributed by atoms with Gasteiger partial charge in [-0.25, -0.2) is 0 Å². The number of fused-ring (bicyclic) bond motifs is 1. The predicted molar refractivity (Wildman–Crippen MR) is 79.1 cm³/mol. The lowest BCUT2D eigenvalue weighted by molar-refractivity contribution is 0.238. The molecule has 1 fully saturated rings. The van der Waals surface area contributed by atoms with E-state index in [2.05, 4.69) is 44.6 Å². The summed E-state index contributed by atoms with van der Waals surface area (Å²) in [7, 11) is 0. The molecule has 1 aliphatic carbocycles. The zero-order chi connectivity index (χ0) is 14.1. The fourth-order valence-electron chi connectivity index (χ4n) is 3.21. The minimum Gasteiger partial charge on any atom is -0.338 e. The van der Waals surface area contributed by atoms with Gasteiger partial charge in [0.25, 0.3) is 0 Å². The van der Waals surface area contributed by atoms with Crippen molar-refractivity contribution in [2.24, 2.45) is 0 Å². The monoisotopic (exact) mass is 284 g/mol. The predicted octanol–water partition coefficient (Wildman–Crippen LogP) is 1.55. The van der Waals surface area contributed by atoms with Gasteiger partial charge in [0.05, 0.1) is 12.5 Å². The molecule has 0 bridgehead atoms. The SMILES string of the molecule is c1ccc2c(c1)CC2c1noc(CN2CCCNCC2)n1. The molecule has 4 rings (SSSR count). The van der Waals surface area contributed by atoms with E-state index in [0.29, 0.717) is 5.92 Å². The molecule has 1 atom stereocenters. The summed E-state index contributed by atoms with van der Waals surface area (Å²) >= 11 is 0. The molecule has 2 aromatic rings. The number of nitrogens with one attached hydrogen (secondary N) is 1. The van der Waals surface area contributed by atoms with Crippen LogP contribution in [-0.2, 0) is 13.0 Å². The van der Waals surface area contributed by atoms with Crippen molar-refractivity contribution >= 4 is 0 Å². The van der Waals surface area contributed by atoms with E-state index in [9.17, 15) is 0 Å². The molecule has 0 spiro atoms. The summed E-state index contributed by atoms with van der Waals surface area (Å²) in [6, 6.07) is 8.51. The van der Waals surface area contributed by atoms with Crippen LogP contribution in [0.4, 0.5) is 0 Å². The highest BCUT2D eigenvalue weighted by molar-refractivity contribution is 5.43. The van der Waals surface area contributed by atoms with E-state index >= 15 is 0 Å². The van der Waals surface area contributed by atoms with Crippen LogP contribution >= 0.6 is 0 Å². The Bertz CT molecular complexity index is 616. The van der Waals surface area contributed by atoms with Crippen molar-refractivity contribution in [2.75, 3.05) is 26.2 Å². The first-order valence-corrected chi connectivity index (χ1v) is 7.73. The quantitative estimate of drug-likeness (QED) is 0.927. The van der Waals surface area contributed by atoms with Gasteiger partial charge in [0, 0.05) is 13.1 Å². The van der Waals surface area contributed by atoms with Crippen LogP contribution in [0.25, 0.3) is 0 Å². The van der Waals surface area contributed by atoms with Gasteiger partial charge in [-0.3, -0.25) is 4.90 Å². The summed E-state index contributed by atoms with van der Waals surface area (Å²) < 4.78 is 5.46.